The maximum absolute atomic E-state index is 11.5. The second-order valence-corrected chi connectivity index (χ2v) is 4.76. The van der Waals surface area contributed by atoms with E-state index in [1.165, 1.54) is 0 Å². The summed E-state index contributed by atoms with van der Waals surface area (Å²) in [4.78, 5) is 15.7. The number of rotatable bonds is 5. The molecule has 3 nitrogen and oxygen atoms in total. The summed E-state index contributed by atoms with van der Waals surface area (Å²) in [6.45, 7) is 6.49. The third-order valence-corrected chi connectivity index (χ3v) is 2.63. The highest BCUT2D eigenvalue weighted by Gasteiger charge is 2.06. The van der Waals surface area contributed by atoms with Crippen LogP contribution in [-0.4, -0.2) is 25.3 Å². The van der Waals surface area contributed by atoms with Gasteiger partial charge in [0.2, 0.25) is 0 Å². The average Bonchev–Trinajstić information content (AvgIpc) is 2.36. The van der Waals surface area contributed by atoms with Crippen molar-refractivity contribution in [3.05, 3.63) is 35.4 Å². The van der Waals surface area contributed by atoms with Crippen LogP contribution in [0.3, 0.4) is 0 Å². The molecule has 0 saturated heterocycles. The Bertz CT molecular complexity index is 419. The molecule has 3 heteroatoms. The quantitative estimate of drug-likeness (QED) is 0.593. The molecule has 0 heterocycles. The number of ether oxygens (including phenoxy) is 1. The summed E-state index contributed by atoms with van der Waals surface area (Å²) < 4.78 is 5.14. The Kier molecular flexibility index (Phi) is 5.56. The topological polar surface area (TPSA) is 38.7 Å². The third-order valence-electron chi connectivity index (χ3n) is 2.63. The van der Waals surface area contributed by atoms with E-state index in [9.17, 15) is 4.79 Å². The second kappa shape index (κ2) is 6.94. The molecule has 0 radical (unpaired) electrons. The molecule has 1 aromatic rings. The molecule has 0 N–H and O–H groups in total. The number of nitrogens with zero attached hydrogens (tertiary/aromatic N) is 1. The van der Waals surface area contributed by atoms with E-state index >= 15 is 0 Å². The van der Waals surface area contributed by atoms with E-state index in [4.69, 9.17) is 4.74 Å². The van der Waals surface area contributed by atoms with Crippen molar-refractivity contribution < 1.29 is 9.53 Å². The zero-order chi connectivity index (χ0) is 13.5. The first-order valence-electron chi connectivity index (χ1n) is 6.21. The van der Waals surface area contributed by atoms with Crippen LogP contribution in [0.1, 0.15) is 31.9 Å². The van der Waals surface area contributed by atoms with Gasteiger partial charge in [-0.05, 0) is 24.0 Å². The van der Waals surface area contributed by atoms with Crippen molar-refractivity contribution in [3.8, 4) is 0 Å². The first kappa shape index (κ1) is 14.4. The van der Waals surface area contributed by atoms with Crippen LogP contribution in [0.5, 0.6) is 0 Å². The van der Waals surface area contributed by atoms with Gasteiger partial charge in [-0.1, -0.05) is 38.1 Å². The highest BCUT2D eigenvalue weighted by molar-refractivity contribution is 5.98. The minimum absolute atomic E-state index is 0.169. The van der Waals surface area contributed by atoms with Crippen molar-refractivity contribution in [3.63, 3.8) is 0 Å². The zero-order valence-electron chi connectivity index (χ0n) is 11.6. The Morgan fingerprint density at radius 1 is 1.28 bits per heavy atom. The smallest absolute Gasteiger partial charge is 0.310 e. The van der Waals surface area contributed by atoms with Gasteiger partial charge in [-0.15, -0.1) is 0 Å². The number of hydrogen-bond donors (Lipinski definition) is 0. The van der Waals surface area contributed by atoms with Crippen molar-refractivity contribution in [2.45, 2.75) is 27.2 Å². The number of aliphatic imine (C=N–C) groups is 1. The lowest BCUT2D eigenvalue weighted by Crippen LogP contribution is -2.12. The molecular weight excluding hydrogens is 226 g/mol. The van der Waals surface area contributed by atoms with Crippen LogP contribution < -0.4 is 0 Å². The van der Waals surface area contributed by atoms with Gasteiger partial charge < -0.3 is 4.74 Å². The standard InChI is InChI=1S/C15H21NO2/c1-11(2)10-18-15(17)9-13-5-7-14(8-6-13)12(3)16-4/h5-8,11H,9-10H2,1-4H3/b16-12-. The van der Waals surface area contributed by atoms with E-state index in [0.717, 1.165) is 16.8 Å². The summed E-state index contributed by atoms with van der Waals surface area (Å²) in [5.74, 6) is 0.206. The Balaban J connectivity index is 2.56. The molecule has 0 atom stereocenters. The van der Waals surface area contributed by atoms with Crippen molar-refractivity contribution in [2.24, 2.45) is 10.9 Å². The average molecular weight is 247 g/mol. The molecule has 0 bridgehead atoms. The van der Waals surface area contributed by atoms with E-state index in [-0.39, 0.29) is 5.97 Å². The zero-order valence-corrected chi connectivity index (χ0v) is 11.6. The van der Waals surface area contributed by atoms with Crippen LogP contribution >= 0.6 is 0 Å². The predicted octanol–water partition coefficient (Wildman–Crippen LogP) is 2.87. The van der Waals surface area contributed by atoms with Crippen molar-refractivity contribution in [1.82, 2.24) is 0 Å². The summed E-state index contributed by atoms with van der Waals surface area (Å²) in [5.41, 5.74) is 3.04. The van der Waals surface area contributed by atoms with Crippen molar-refractivity contribution in [1.29, 1.82) is 0 Å². The van der Waals surface area contributed by atoms with Gasteiger partial charge in [0.15, 0.2) is 0 Å². The molecule has 0 saturated carbocycles. The van der Waals surface area contributed by atoms with E-state index in [1.54, 1.807) is 7.05 Å². The Morgan fingerprint density at radius 3 is 2.39 bits per heavy atom. The van der Waals surface area contributed by atoms with Gasteiger partial charge in [-0.2, -0.15) is 0 Å². The molecule has 1 aromatic carbocycles. The third kappa shape index (κ3) is 4.70. The van der Waals surface area contributed by atoms with Crippen molar-refractivity contribution in [2.75, 3.05) is 13.7 Å². The molecular formula is C15H21NO2. The van der Waals surface area contributed by atoms with Crippen LogP contribution in [0.4, 0.5) is 0 Å². The van der Waals surface area contributed by atoms with Crippen molar-refractivity contribution >= 4 is 11.7 Å². The molecule has 18 heavy (non-hydrogen) atoms. The van der Waals surface area contributed by atoms with Crippen LogP contribution in [0.15, 0.2) is 29.3 Å². The molecule has 0 aromatic heterocycles. The van der Waals surface area contributed by atoms with E-state index in [0.29, 0.717) is 18.9 Å². The summed E-state index contributed by atoms with van der Waals surface area (Å²) in [6.07, 6.45) is 0.329. The number of carbonyl (C=O) groups is 1. The SMILES string of the molecule is C/N=C(/C)c1ccc(CC(=O)OCC(C)C)cc1. The van der Waals surface area contributed by atoms with E-state index in [1.807, 2.05) is 45.0 Å². The molecule has 0 unspecified atom stereocenters. The normalized spacial score (nSPS) is 11.7. The van der Waals surface area contributed by atoms with Gasteiger partial charge in [-0.3, -0.25) is 9.79 Å². The van der Waals surface area contributed by atoms with Gasteiger partial charge in [0.1, 0.15) is 0 Å². The summed E-state index contributed by atoms with van der Waals surface area (Å²) in [5, 5.41) is 0. The molecule has 0 aliphatic heterocycles. The Labute approximate surface area is 109 Å². The number of carbonyl (C=O) groups excluding carboxylic acids is 1. The second-order valence-electron chi connectivity index (χ2n) is 4.76. The van der Waals surface area contributed by atoms with E-state index in [2.05, 4.69) is 4.99 Å². The fraction of sp³-hybridized carbons (Fsp3) is 0.467. The van der Waals surface area contributed by atoms with Gasteiger partial charge in [-0.25, -0.2) is 0 Å². The van der Waals surface area contributed by atoms with Gasteiger partial charge >= 0.3 is 5.97 Å². The lowest BCUT2D eigenvalue weighted by Gasteiger charge is -2.07. The fourth-order valence-corrected chi connectivity index (χ4v) is 1.47. The van der Waals surface area contributed by atoms with Crippen LogP contribution in [0.2, 0.25) is 0 Å². The minimum atomic E-state index is -0.169. The summed E-state index contributed by atoms with van der Waals surface area (Å²) in [6, 6.07) is 7.85. The number of hydrogen-bond acceptors (Lipinski definition) is 3. The van der Waals surface area contributed by atoms with Gasteiger partial charge in [0.25, 0.3) is 0 Å². The first-order valence-corrected chi connectivity index (χ1v) is 6.21. The maximum Gasteiger partial charge on any atom is 0.310 e. The predicted molar refractivity (Wildman–Crippen MR) is 74.1 cm³/mol. The highest BCUT2D eigenvalue weighted by atomic mass is 16.5. The summed E-state index contributed by atoms with van der Waals surface area (Å²) >= 11 is 0. The highest BCUT2D eigenvalue weighted by Crippen LogP contribution is 2.07. The molecule has 0 spiro atoms. The monoisotopic (exact) mass is 247 g/mol. The fourth-order valence-electron chi connectivity index (χ4n) is 1.47. The largest absolute Gasteiger partial charge is 0.465 e. The summed E-state index contributed by atoms with van der Waals surface area (Å²) in [7, 11) is 1.77. The lowest BCUT2D eigenvalue weighted by atomic mass is 10.1. The molecule has 0 aliphatic rings. The molecule has 1 rings (SSSR count). The van der Waals surface area contributed by atoms with Crippen LogP contribution in [-0.2, 0) is 16.0 Å². The molecule has 98 valence electrons. The number of benzene rings is 1. The number of esters is 1. The van der Waals surface area contributed by atoms with Gasteiger partial charge in [0.05, 0.1) is 13.0 Å². The lowest BCUT2D eigenvalue weighted by molar-refractivity contribution is -0.143. The van der Waals surface area contributed by atoms with Crippen LogP contribution in [0.25, 0.3) is 0 Å². The molecule has 0 fully saturated rings. The minimum Gasteiger partial charge on any atom is -0.465 e. The van der Waals surface area contributed by atoms with E-state index < -0.39 is 0 Å². The molecule has 0 amide bonds. The first-order chi connectivity index (χ1) is 8.52. The maximum atomic E-state index is 11.5. The van der Waals surface area contributed by atoms with Crippen LogP contribution in [0, 0.1) is 5.92 Å². The molecule has 0 aliphatic carbocycles. The van der Waals surface area contributed by atoms with Gasteiger partial charge in [0, 0.05) is 12.8 Å². The Hall–Kier alpha value is -1.64. The Morgan fingerprint density at radius 2 is 1.89 bits per heavy atom.